The van der Waals surface area contributed by atoms with Crippen molar-refractivity contribution in [3.8, 4) is 0 Å². The van der Waals surface area contributed by atoms with Crippen molar-refractivity contribution in [1.82, 2.24) is 0 Å². The van der Waals surface area contributed by atoms with Crippen molar-refractivity contribution in [3.63, 3.8) is 0 Å². The first-order chi connectivity index (χ1) is 6.69. The lowest BCUT2D eigenvalue weighted by Gasteiger charge is -1.86. The van der Waals surface area contributed by atoms with Crippen molar-refractivity contribution in [2.45, 2.75) is 0 Å². The van der Waals surface area contributed by atoms with E-state index >= 15 is 0 Å². The van der Waals surface area contributed by atoms with E-state index in [-0.39, 0.29) is 10.9 Å². The van der Waals surface area contributed by atoms with Crippen LogP contribution in [0.3, 0.4) is 0 Å². The summed E-state index contributed by atoms with van der Waals surface area (Å²) in [6.07, 6.45) is 3.72. The van der Waals surface area contributed by atoms with Crippen LogP contribution >= 0.6 is 22.9 Å². The normalized spacial score (nSPS) is 10.6. The molecule has 14 heavy (non-hydrogen) atoms. The number of hydrogen-bond acceptors (Lipinski definition) is 4. The van der Waals surface area contributed by atoms with E-state index in [0.29, 0.717) is 16.7 Å². The Balaban J connectivity index is 3.11. The second kappa shape index (κ2) is 4.88. The van der Waals surface area contributed by atoms with Crippen molar-refractivity contribution >= 4 is 40.3 Å². The van der Waals surface area contributed by atoms with Gasteiger partial charge in [0.25, 0.3) is 0 Å². The standard InChI is InChI=1S/C8H6ClNO3S/c9-3-1-2-6-4-7(5-11)14-8(6)10(12)13/h1-2,4-5H,3H2. The van der Waals surface area contributed by atoms with E-state index in [1.165, 1.54) is 12.1 Å². The number of carbonyl (C=O) groups is 1. The predicted molar refractivity (Wildman–Crippen MR) is 56.1 cm³/mol. The molecule has 4 nitrogen and oxygen atoms in total. The van der Waals surface area contributed by atoms with Crippen LogP contribution in [0.5, 0.6) is 0 Å². The van der Waals surface area contributed by atoms with E-state index in [2.05, 4.69) is 0 Å². The molecule has 1 aromatic rings. The van der Waals surface area contributed by atoms with E-state index in [9.17, 15) is 14.9 Å². The van der Waals surface area contributed by atoms with Crippen LogP contribution in [-0.2, 0) is 0 Å². The molecule has 0 aliphatic rings. The van der Waals surface area contributed by atoms with Crippen molar-refractivity contribution in [2.75, 3.05) is 5.88 Å². The van der Waals surface area contributed by atoms with E-state index in [0.717, 1.165) is 11.3 Å². The first-order valence-electron chi connectivity index (χ1n) is 3.65. The van der Waals surface area contributed by atoms with Gasteiger partial charge in [-0.05, 0) is 12.1 Å². The van der Waals surface area contributed by atoms with Crippen LogP contribution in [0.25, 0.3) is 6.08 Å². The summed E-state index contributed by atoms with van der Waals surface area (Å²) in [5.74, 6) is 0.281. The van der Waals surface area contributed by atoms with Crippen LogP contribution < -0.4 is 0 Å². The number of nitrogens with zero attached hydrogens (tertiary/aromatic N) is 1. The molecule has 0 radical (unpaired) electrons. The number of thiophene rings is 1. The van der Waals surface area contributed by atoms with Gasteiger partial charge in [-0.15, -0.1) is 11.6 Å². The molecule has 0 fully saturated rings. The molecule has 0 aliphatic carbocycles. The molecule has 1 rings (SSSR count). The maximum Gasteiger partial charge on any atom is 0.331 e. The molecule has 0 amide bonds. The van der Waals surface area contributed by atoms with Crippen LogP contribution in [0.1, 0.15) is 15.2 Å². The summed E-state index contributed by atoms with van der Waals surface area (Å²) in [4.78, 5) is 20.8. The van der Waals surface area contributed by atoms with Crippen molar-refractivity contribution in [2.24, 2.45) is 0 Å². The fourth-order valence-electron chi connectivity index (χ4n) is 0.907. The zero-order valence-electron chi connectivity index (χ0n) is 6.97. The van der Waals surface area contributed by atoms with Crippen molar-refractivity contribution < 1.29 is 9.72 Å². The highest BCUT2D eigenvalue weighted by Crippen LogP contribution is 2.30. The Labute approximate surface area is 89.0 Å². The number of alkyl halides is 1. The molecule has 0 spiro atoms. The van der Waals surface area contributed by atoms with Crippen LogP contribution in [0.4, 0.5) is 5.00 Å². The van der Waals surface area contributed by atoms with Gasteiger partial charge >= 0.3 is 5.00 Å². The fourth-order valence-corrected chi connectivity index (χ4v) is 1.77. The van der Waals surface area contributed by atoms with E-state index < -0.39 is 4.92 Å². The third kappa shape index (κ3) is 2.40. The second-order valence-electron chi connectivity index (χ2n) is 2.34. The minimum absolute atomic E-state index is 0.0338. The summed E-state index contributed by atoms with van der Waals surface area (Å²) < 4.78 is 0. The Morgan fingerprint density at radius 2 is 2.36 bits per heavy atom. The SMILES string of the molecule is O=Cc1cc(C=CCCl)c([N+](=O)[O-])s1. The van der Waals surface area contributed by atoms with E-state index in [1.54, 1.807) is 6.08 Å². The minimum Gasteiger partial charge on any atom is -0.297 e. The van der Waals surface area contributed by atoms with Gasteiger partial charge < -0.3 is 0 Å². The van der Waals surface area contributed by atoms with Gasteiger partial charge in [-0.3, -0.25) is 14.9 Å². The van der Waals surface area contributed by atoms with Crippen LogP contribution in [-0.4, -0.2) is 17.1 Å². The average Bonchev–Trinajstić information content (AvgIpc) is 2.58. The Hall–Kier alpha value is -1.20. The fraction of sp³-hybridized carbons (Fsp3) is 0.125. The highest BCUT2D eigenvalue weighted by atomic mass is 35.5. The Morgan fingerprint density at radius 3 is 2.86 bits per heavy atom. The molecule has 0 aliphatic heterocycles. The summed E-state index contributed by atoms with van der Waals surface area (Å²) in [7, 11) is 0. The Morgan fingerprint density at radius 1 is 1.64 bits per heavy atom. The van der Waals surface area contributed by atoms with Crippen LogP contribution in [0.2, 0.25) is 0 Å². The quantitative estimate of drug-likeness (QED) is 0.346. The number of carbonyl (C=O) groups excluding carboxylic acids is 1. The summed E-state index contributed by atoms with van der Waals surface area (Å²) in [6, 6.07) is 1.47. The Kier molecular flexibility index (Phi) is 3.79. The van der Waals surface area contributed by atoms with Gasteiger partial charge in [0.2, 0.25) is 0 Å². The molecule has 1 heterocycles. The zero-order valence-corrected chi connectivity index (χ0v) is 8.55. The molecule has 0 saturated heterocycles. The molecule has 1 aromatic heterocycles. The second-order valence-corrected chi connectivity index (χ2v) is 3.71. The van der Waals surface area contributed by atoms with Gasteiger partial charge in [0, 0.05) is 5.88 Å². The lowest BCUT2D eigenvalue weighted by Crippen LogP contribution is -1.85. The maximum atomic E-state index is 10.5. The topological polar surface area (TPSA) is 60.2 Å². The van der Waals surface area contributed by atoms with Gasteiger partial charge in [0.15, 0.2) is 6.29 Å². The molecule has 0 atom stereocenters. The minimum atomic E-state index is -0.508. The van der Waals surface area contributed by atoms with Crippen molar-refractivity contribution in [3.05, 3.63) is 32.7 Å². The molecule has 6 heteroatoms. The first-order valence-corrected chi connectivity index (χ1v) is 5.00. The zero-order chi connectivity index (χ0) is 10.6. The number of rotatable bonds is 4. The van der Waals surface area contributed by atoms with E-state index in [4.69, 9.17) is 11.6 Å². The molecule has 0 bridgehead atoms. The maximum absolute atomic E-state index is 10.5. The summed E-state index contributed by atoms with van der Waals surface area (Å²) >= 11 is 6.26. The molecular formula is C8H6ClNO3S. The number of halogens is 1. The first kappa shape index (κ1) is 10.9. The van der Waals surface area contributed by atoms with Gasteiger partial charge in [-0.25, -0.2) is 0 Å². The van der Waals surface area contributed by atoms with Crippen molar-refractivity contribution in [1.29, 1.82) is 0 Å². The molecule has 74 valence electrons. The number of allylic oxidation sites excluding steroid dienone is 1. The molecule has 0 saturated carbocycles. The molecular weight excluding hydrogens is 226 g/mol. The highest BCUT2D eigenvalue weighted by molar-refractivity contribution is 7.17. The monoisotopic (exact) mass is 231 g/mol. The van der Waals surface area contributed by atoms with Gasteiger partial charge in [-0.2, -0.15) is 0 Å². The molecule has 0 N–H and O–H groups in total. The summed E-state index contributed by atoms with van der Waals surface area (Å²) in [5, 5.41) is 10.5. The smallest absolute Gasteiger partial charge is 0.297 e. The number of hydrogen-bond donors (Lipinski definition) is 0. The number of nitro groups is 1. The molecule has 0 aromatic carbocycles. The summed E-state index contributed by atoms with van der Waals surface area (Å²) in [6.45, 7) is 0. The molecule has 0 unspecified atom stereocenters. The van der Waals surface area contributed by atoms with Gasteiger partial charge in [0.1, 0.15) is 0 Å². The Bertz CT molecular complexity index is 386. The van der Waals surface area contributed by atoms with Gasteiger partial charge in [-0.1, -0.05) is 17.4 Å². The highest BCUT2D eigenvalue weighted by Gasteiger charge is 2.16. The third-order valence-electron chi connectivity index (χ3n) is 1.43. The third-order valence-corrected chi connectivity index (χ3v) is 2.63. The van der Waals surface area contributed by atoms with Crippen LogP contribution in [0, 0.1) is 10.1 Å². The average molecular weight is 232 g/mol. The van der Waals surface area contributed by atoms with Crippen LogP contribution in [0.15, 0.2) is 12.1 Å². The van der Waals surface area contributed by atoms with Gasteiger partial charge in [0.05, 0.1) is 15.4 Å². The van der Waals surface area contributed by atoms with E-state index in [1.807, 2.05) is 0 Å². The summed E-state index contributed by atoms with van der Waals surface area (Å²) in [5.41, 5.74) is 0.419. The lowest BCUT2D eigenvalue weighted by atomic mass is 10.3. The lowest BCUT2D eigenvalue weighted by molar-refractivity contribution is -0.380. The number of aldehydes is 1. The predicted octanol–water partition coefficient (Wildman–Crippen LogP) is 2.72. The largest absolute Gasteiger partial charge is 0.331 e.